The molecular weight excluding hydrogens is 624 g/mol. The Bertz CT molecular complexity index is 1530. The highest BCUT2D eigenvalue weighted by atomic mass is 79.9. The molecule has 3 aromatic carbocycles. The van der Waals surface area contributed by atoms with Crippen molar-refractivity contribution in [1.82, 2.24) is 10.2 Å². The van der Waals surface area contributed by atoms with E-state index in [1.165, 1.54) is 17.0 Å². The average Bonchev–Trinajstić information content (AvgIpc) is 2.92. The van der Waals surface area contributed by atoms with Gasteiger partial charge >= 0.3 is 0 Å². The van der Waals surface area contributed by atoms with Gasteiger partial charge in [-0.25, -0.2) is 8.42 Å². The Morgan fingerprint density at radius 2 is 1.67 bits per heavy atom. The predicted molar refractivity (Wildman–Crippen MR) is 166 cm³/mol. The minimum atomic E-state index is -4.06. The van der Waals surface area contributed by atoms with Crippen LogP contribution in [0.3, 0.4) is 0 Å². The maximum atomic E-state index is 14.2. The number of nitrogens with one attached hydrogen (secondary N) is 1. The fraction of sp³-hybridized carbons (Fsp3) is 0.333. The van der Waals surface area contributed by atoms with Crippen molar-refractivity contribution in [3.8, 4) is 0 Å². The zero-order valence-corrected chi connectivity index (χ0v) is 26.4. The number of nitro benzene ring substituents is 1. The molecule has 0 radical (unpaired) electrons. The molecule has 2 amide bonds. The molecule has 224 valence electrons. The SMILES string of the molecule is Cc1ccc([N+](=O)[O-])cc1N(CC(=O)N(Cc1cccc(Br)c1)[C@H](Cc1ccccc1)C(=O)NCC(C)C)S(C)(=O)=O. The topological polar surface area (TPSA) is 130 Å². The number of aryl methyl sites for hydroxylation is 1. The van der Waals surface area contributed by atoms with E-state index in [0.29, 0.717) is 12.1 Å². The number of nitro groups is 1. The fourth-order valence-electron chi connectivity index (χ4n) is 4.38. The third-order valence-electron chi connectivity index (χ3n) is 6.55. The molecule has 0 saturated heterocycles. The van der Waals surface area contributed by atoms with Crippen LogP contribution in [-0.2, 0) is 32.6 Å². The maximum Gasteiger partial charge on any atom is 0.271 e. The van der Waals surface area contributed by atoms with E-state index in [1.807, 2.05) is 68.4 Å². The van der Waals surface area contributed by atoms with Gasteiger partial charge in [-0.3, -0.25) is 24.0 Å². The van der Waals surface area contributed by atoms with Crippen molar-refractivity contribution in [1.29, 1.82) is 0 Å². The smallest absolute Gasteiger partial charge is 0.271 e. The van der Waals surface area contributed by atoms with Crippen molar-refractivity contribution in [2.75, 3.05) is 23.7 Å². The Morgan fingerprint density at radius 3 is 2.26 bits per heavy atom. The molecule has 0 aromatic heterocycles. The predicted octanol–water partition coefficient (Wildman–Crippen LogP) is 4.84. The van der Waals surface area contributed by atoms with Crippen LogP contribution in [0.15, 0.2) is 77.3 Å². The second-order valence-corrected chi connectivity index (χ2v) is 13.3. The number of hydrogen-bond acceptors (Lipinski definition) is 6. The van der Waals surface area contributed by atoms with E-state index in [1.54, 1.807) is 6.92 Å². The van der Waals surface area contributed by atoms with E-state index in [4.69, 9.17) is 0 Å². The van der Waals surface area contributed by atoms with Gasteiger partial charge in [0, 0.05) is 36.1 Å². The molecule has 42 heavy (non-hydrogen) atoms. The van der Waals surface area contributed by atoms with E-state index in [0.717, 1.165) is 32.2 Å². The van der Waals surface area contributed by atoms with E-state index in [-0.39, 0.29) is 36.2 Å². The standard InChI is InChI=1S/C30H35BrN4O6S/c1-21(2)18-32-30(37)28(16-23-9-6-5-7-10-23)33(19-24-11-8-12-25(31)15-24)29(36)20-34(42(4,40)41)27-17-26(35(38)39)14-13-22(27)3/h5-15,17,21,28H,16,18-20H2,1-4H3,(H,32,37)/t28-/m1/s1. The van der Waals surface area contributed by atoms with Gasteiger partial charge in [0.1, 0.15) is 12.6 Å². The Hall–Kier alpha value is -3.77. The average molecular weight is 660 g/mol. The van der Waals surface area contributed by atoms with Gasteiger partial charge in [0.2, 0.25) is 21.8 Å². The maximum absolute atomic E-state index is 14.2. The number of nitrogens with zero attached hydrogens (tertiary/aromatic N) is 3. The van der Waals surface area contributed by atoms with Crippen molar-refractivity contribution in [3.63, 3.8) is 0 Å². The second-order valence-electron chi connectivity index (χ2n) is 10.5. The zero-order valence-electron chi connectivity index (χ0n) is 24.0. The summed E-state index contributed by atoms with van der Waals surface area (Å²) in [5.74, 6) is -0.835. The van der Waals surface area contributed by atoms with Crippen LogP contribution in [-0.4, -0.2) is 55.4 Å². The molecule has 0 heterocycles. The molecule has 0 spiro atoms. The first kappa shape index (κ1) is 32.7. The number of amides is 2. The highest BCUT2D eigenvalue weighted by Gasteiger charge is 2.33. The number of halogens is 1. The van der Waals surface area contributed by atoms with E-state index < -0.39 is 33.4 Å². The summed E-state index contributed by atoms with van der Waals surface area (Å²) in [6.45, 7) is 5.29. The molecule has 0 fully saturated rings. The molecule has 3 rings (SSSR count). The molecule has 0 unspecified atom stereocenters. The molecule has 1 atom stereocenters. The van der Waals surface area contributed by atoms with Gasteiger partial charge in [0.15, 0.2) is 0 Å². The van der Waals surface area contributed by atoms with Crippen molar-refractivity contribution < 1.29 is 22.9 Å². The lowest BCUT2D eigenvalue weighted by molar-refractivity contribution is -0.384. The van der Waals surface area contributed by atoms with E-state index in [9.17, 15) is 28.1 Å². The minimum Gasteiger partial charge on any atom is -0.354 e. The summed E-state index contributed by atoms with van der Waals surface area (Å²) in [5.41, 5.74) is 1.70. The summed E-state index contributed by atoms with van der Waals surface area (Å²) in [6.07, 6.45) is 1.13. The fourth-order valence-corrected chi connectivity index (χ4v) is 5.73. The van der Waals surface area contributed by atoms with Crippen molar-refractivity contribution in [2.45, 2.75) is 39.8 Å². The summed E-state index contributed by atoms with van der Waals surface area (Å²) < 4.78 is 27.6. The third-order valence-corrected chi connectivity index (χ3v) is 8.17. The summed E-state index contributed by atoms with van der Waals surface area (Å²) in [7, 11) is -4.06. The number of anilines is 1. The third kappa shape index (κ3) is 9.12. The number of non-ortho nitro benzene ring substituents is 1. The first-order valence-corrected chi connectivity index (χ1v) is 16.0. The minimum absolute atomic E-state index is 0.0197. The number of rotatable bonds is 13. The van der Waals surface area contributed by atoms with Crippen LogP contribution < -0.4 is 9.62 Å². The number of carbonyl (C=O) groups is 2. The molecule has 0 bridgehead atoms. The lowest BCUT2D eigenvalue weighted by atomic mass is 10.0. The van der Waals surface area contributed by atoms with E-state index >= 15 is 0 Å². The van der Waals surface area contributed by atoms with Gasteiger partial charge in [-0.15, -0.1) is 0 Å². The van der Waals surface area contributed by atoms with Crippen molar-refractivity contribution in [3.05, 3.63) is 104 Å². The first-order valence-electron chi connectivity index (χ1n) is 13.3. The quantitative estimate of drug-likeness (QED) is 0.207. The Morgan fingerprint density at radius 1 is 1.00 bits per heavy atom. The molecule has 12 heteroatoms. The van der Waals surface area contributed by atoms with Crippen LogP contribution >= 0.6 is 15.9 Å². The zero-order chi connectivity index (χ0) is 31.0. The number of benzene rings is 3. The van der Waals surface area contributed by atoms with Gasteiger partial charge in [-0.2, -0.15) is 0 Å². The summed E-state index contributed by atoms with van der Waals surface area (Å²) in [5, 5.41) is 14.4. The van der Waals surface area contributed by atoms with Crippen LogP contribution in [0.25, 0.3) is 0 Å². The van der Waals surface area contributed by atoms with Crippen LogP contribution in [0.1, 0.15) is 30.5 Å². The lowest BCUT2D eigenvalue weighted by Crippen LogP contribution is -2.53. The summed E-state index contributed by atoms with van der Waals surface area (Å²) >= 11 is 3.45. The lowest BCUT2D eigenvalue weighted by Gasteiger charge is -2.34. The largest absolute Gasteiger partial charge is 0.354 e. The highest BCUT2D eigenvalue weighted by molar-refractivity contribution is 9.10. The monoisotopic (exact) mass is 658 g/mol. The van der Waals surface area contributed by atoms with Crippen LogP contribution in [0.5, 0.6) is 0 Å². The number of carbonyl (C=O) groups excluding carboxylic acids is 2. The van der Waals surface area contributed by atoms with Gasteiger partial charge in [0.05, 0.1) is 16.9 Å². The Balaban J connectivity index is 2.10. The molecule has 0 saturated carbocycles. The first-order chi connectivity index (χ1) is 19.8. The van der Waals surface area contributed by atoms with Gasteiger partial charge in [-0.1, -0.05) is 78.3 Å². The molecule has 0 aliphatic heterocycles. The number of sulfonamides is 1. The van der Waals surface area contributed by atoms with Gasteiger partial charge < -0.3 is 10.2 Å². The number of hydrogen-bond donors (Lipinski definition) is 1. The van der Waals surface area contributed by atoms with Crippen LogP contribution in [0, 0.1) is 23.0 Å². The Kier molecular flexibility index (Phi) is 11.2. The molecule has 0 aliphatic carbocycles. The van der Waals surface area contributed by atoms with Crippen LogP contribution in [0.2, 0.25) is 0 Å². The van der Waals surface area contributed by atoms with Gasteiger partial charge in [-0.05, 0) is 41.7 Å². The Labute approximate surface area is 255 Å². The van der Waals surface area contributed by atoms with E-state index in [2.05, 4.69) is 21.2 Å². The molecule has 10 nitrogen and oxygen atoms in total. The molecule has 0 aliphatic rings. The van der Waals surface area contributed by atoms with Crippen LogP contribution in [0.4, 0.5) is 11.4 Å². The molecule has 3 aromatic rings. The molecule has 1 N–H and O–H groups in total. The van der Waals surface area contributed by atoms with Crippen molar-refractivity contribution >= 4 is 49.1 Å². The van der Waals surface area contributed by atoms with Gasteiger partial charge in [0.25, 0.3) is 5.69 Å². The highest BCUT2D eigenvalue weighted by Crippen LogP contribution is 2.28. The molecular formula is C30H35BrN4O6S. The second kappa shape index (κ2) is 14.4. The normalized spacial score (nSPS) is 12.0. The summed E-state index contributed by atoms with van der Waals surface area (Å²) in [4.78, 5) is 40.0. The summed E-state index contributed by atoms with van der Waals surface area (Å²) in [6, 6.07) is 19.4. The van der Waals surface area contributed by atoms with Crippen molar-refractivity contribution in [2.24, 2.45) is 5.92 Å².